The van der Waals surface area contributed by atoms with E-state index in [2.05, 4.69) is 23.8 Å². The summed E-state index contributed by atoms with van der Waals surface area (Å²) >= 11 is 0. The standard InChI is InChI=1S/C62H104N2O23/c1-5-17-47(19-13-37-84-57(73)27-25-51(67)29-33-65)59(75)86-35-11-9-23-55(71)82-39-15-21-49(61(77)80-7-3)43-53(69)45-63-31-41-79-42-32-64-46-54(70)44-50(62(78)81-8-4)22-16-40-83-56(72)24-10-12-36-87-60(76)48(18-6-2)20-14-38-85-58(74)28-26-52(68)30-34-66/h5-6,47-50,53-54,63-66,69-70H,1-2,7-46H2,3-4H3. The smallest absolute Gasteiger partial charge is 0.309 e. The van der Waals surface area contributed by atoms with Gasteiger partial charge in [-0.15, -0.1) is 13.2 Å². The van der Waals surface area contributed by atoms with E-state index in [0.717, 1.165) is 0 Å². The highest BCUT2D eigenvalue weighted by molar-refractivity contribution is 5.83. The van der Waals surface area contributed by atoms with E-state index >= 15 is 0 Å². The third-order valence-electron chi connectivity index (χ3n) is 13.4. The zero-order chi connectivity index (χ0) is 64.7. The Morgan fingerprint density at radius 3 is 1.05 bits per heavy atom. The van der Waals surface area contributed by atoms with E-state index in [1.807, 2.05) is 0 Å². The number of allylic oxidation sites excluding steroid dienone is 2. The van der Waals surface area contributed by atoms with Crippen molar-refractivity contribution < 1.29 is 111 Å². The van der Waals surface area contributed by atoms with Crippen LogP contribution in [0.4, 0.5) is 0 Å². The second-order valence-corrected chi connectivity index (χ2v) is 20.9. The van der Waals surface area contributed by atoms with Crippen molar-refractivity contribution in [3.63, 3.8) is 0 Å². The van der Waals surface area contributed by atoms with E-state index in [4.69, 9.17) is 52.8 Å². The van der Waals surface area contributed by atoms with Crippen molar-refractivity contribution in [1.82, 2.24) is 10.6 Å². The number of esters is 8. The number of ether oxygens (including phenoxy) is 9. The van der Waals surface area contributed by atoms with Gasteiger partial charge in [-0.2, -0.15) is 0 Å². The van der Waals surface area contributed by atoms with E-state index < -0.39 is 83.6 Å². The molecule has 0 aromatic heterocycles. The van der Waals surface area contributed by atoms with Gasteiger partial charge in [-0.25, -0.2) is 0 Å². The Bertz CT molecular complexity index is 1820. The van der Waals surface area contributed by atoms with Crippen LogP contribution in [0.3, 0.4) is 0 Å². The monoisotopic (exact) mass is 1240 g/mol. The lowest BCUT2D eigenvalue weighted by atomic mass is 9.96. The van der Waals surface area contributed by atoms with Crippen LogP contribution in [0.15, 0.2) is 25.3 Å². The second kappa shape index (κ2) is 55.6. The van der Waals surface area contributed by atoms with Gasteiger partial charge in [0.25, 0.3) is 0 Å². The van der Waals surface area contributed by atoms with Gasteiger partial charge in [-0.05, 0) is 117 Å². The molecule has 0 spiro atoms. The molecule has 0 heterocycles. The predicted octanol–water partition coefficient (Wildman–Crippen LogP) is 4.61. The molecule has 6 N–H and O–H groups in total. The van der Waals surface area contributed by atoms with Gasteiger partial charge in [-0.1, -0.05) is 12.2 Å². The highest BCUT2D eigenvalue weighted by atomic mass is 16.6. The lowest BCUT2D eigenvalue weighted by Crippen LogP contribution is -2.34. The number of Topliss-reactive ketones (excluding diaryl/α,β-unsaturated/α-hetero) is 2. The molecule has 0 aliphatic rings. The third-order valence-corrected chi connectivity index (χ3v) is 13.4. The Morgan fingerprint density at radius 1 is 0.391 bits per heavy atom. The largest absolute Gasteiger partial charge is 0.466 e. The minimum atomic E-state index is -0.870. The van der Waals surface area contributed by atoms with Crippen LogP contribution in [-0.4, -0.2) is 197 Å². The molecule has 0 rings (SSSR count). The molecule has 0 amide bonds. The summed E-state index contributed by atoms with van der Waals surface area (Å²) in [6, 6.07) is 0. The maximum absolute atomic E-state index is 12.7. The highest BCUT2D eigenvalue weighted by Crippen LogP contribution is 2.20. The molecule has 500 valence electrons. The number of carbonyl (C=O) groups is 10. The molecule has 87 heavy (non-hydrogen) atoms. The molecule has 0 saturated heterocycles. The first-order chi connectivity index (χ1) is 41.9. The van der Waals surface area contributed by atoms with Crippen LogP contribution in [0.5, 0.6) is 0 Å². The Morgan fingerprint density at radius 2 is 0.713 bits per heavy atom. The van der Waals surface area contributed by atoms with Gasteiger partial charge in [0.2, 0.25) is 0 Å². The molecule has 0 aromatic rings. The minimum absolute atomic E-state index is 0.00232. The first kappa shape index (κ1) is 81.3. The fraction of sp³-hybridized carbons (Fsp3) is 0.774. The van der Waals surface area contributed by atoms with Gasteiger partial charge >= 0.3 is 47.8 Å². The molecule has 25 nitrogen and oxygen atoms in total. The lowest BCUT2D eigenvalue weighted by molar-refractivity contribution is -0.151. The van der Waals surface area contributed by atoms with Crippen LogP contribution < -0.4 is 10.6 Å². The Labute approximate surface area is 514 Å². The van der Waals surface area contributed by atoms with Crippen molar-refractivity contribution >= 4 is 59.3 Å². The number of nitrogens with one attached hydrogen (secondary N) is 2. The number of rotatable bonds is 60. The minimum Gasteiger partial charge on any atom is -0.466 e. The molecule has 0 aliphatic carbocycles. The van der Waals surface area contributed by atoms with Gasteiger partial charge in [0.1, 0.15) is 11.6 Å². The van der Waals surface area contributed by atoms with Crippen molar-refractivity contribution in [1.29, 1.82) is 0 Å². The number of hydrogen-bond acceptors (Lipinski definition) is 25. The molecule has 6 unspecified atom stereocenters. The molecular weight excluding hydrogens is 1140 g/mol. The van der Waals surface area contributed by atoms with Gasteiger partial charge < -0.3 is 73.7 Å². The second-order valence-electron chi connectivity index (χ2n) is 20.9. The predicted molar refractivity (Wildman–Crippen MR) is 317 cm³/mol. The molecule has 0 aromatic carbocycles. The van der Waals surface area contributed by atoms with E-state index in [1.54, 1.807) is 26.0 Å². The summed E-state index contributed by atoms with van der Waals surface area (Å²) in [7, 11) is 0. The van der Waals surface area contributed by atoms with Gasteiger partial charge in [-0.3, -0.25) is 47.9 Å². The molecule has 0 saturated carbocycles. The van der Waals surface area contributed by atoms with E-state index in [1.165, 1.54) is 0 Å². The van der Waals surface area contributed by atoms with Gasteiger partial charge in [0, 0.05) is 77.9 Å². The van der Waals surface area contributed by atoms with Crippen LogP contribution in [0, 0.1) is 23.7 Å². The third kappa shape index (κ3) is 47.0. The zero-order valence-electron chi connectivity index (χ0n) is 51.9. The van der Waals surface area contributed by atoms with Crippen molar-refractivity contribution in [3.05, 3.63) is 25.3 Å². The number of unbranched alkanes of at least 4 members (excludes halogenated alkanes) is 2. The topological polar surface area (TPSA) is 359 Å². The summed E-state index contributed by atoms with van der Waals surface area (Å²) in [6.45, 7) is 12.9. The first-order valence-corrected chi connectivity index (χ1v) is 31.1. The summed E-state index contributed by atoms with van der Waals surface area (Å²) < 4.78 is 47.9. The van der Waals surface area contributed by atoms with Crippen LogP contribution in [0.1, 0.15) is 168 Å². The molecule has 6 atom stereocenters. The van der Waals surface area contributed by atoms with Crippen molar-refractivity contribution in [3.8, 4) is 0 Å². The Kier molecular flexibility index (Phi) is 52.0. The maximum atomic E-state index is 12.7. The van der Waals surface area contributed by atoms with E-state index in [-0.39, 0.29) is 155 Å². The van der Waals surface area contributed by atoms with Gasteiger partial charge in [0.05, 0.1) is 115 Å². The SMILES string of the molecule is C=CCC(CCCOC(=O)CCC(=O)CCO)C(=O)OCCCCC(=O)OCCCC(CC(O)CNCCOCCNCC(O)CC(CCCOC(=O)CCCCOC(=O)C(CC=C)CCCOC(=O)CCC(=O)CCO)C(=O)OCC)C(=O)OCC. The summed E-state index contributed by atoms with van der Waals surface area (Å²) in [4.78, 5) is 122. The average molecular weight is 1250 g/mol. The number of ketones is 2. The fourth-order valence-electron chi connectivity index (χ4n) is 8.66. The number of carbonyl (C=O) groups excluding carboxylic acids is 10. The number of hydrogen-bond donors (Lipinski definition) is 6. The van der Waals surface area contributed by atoms with Crippen LogP contribution in [0.2, 0.25) is 0 Å². The molecule has 0 aliphatic heterocycles. The number of aliphatic hydroxyl groups is 4. The zero-order valence-corrected chi connectivity index (χ0v) is 51.9. The van der Waals surface area contributed by atoms with Crippen molar-refractivity contribution in [2.45, 2.75) is 180 Å². The molecule has 0 fully saturated rings. The van der Waals surface area contributed by atoms with Gasteiger partial charge in [0.15, 0.2) is 0 Å². The van der Waals surface area contributed by atoms with E-state index in [0.29, 0.717) is 116 Å². The summed E-state index contributed by atoms with van der Waals surface area (Å²) in [5.74, 6) is -6.28. The van der Waals surface area contributed by atoms with E-state index in [9.17, 15) is 58.2 Å². The lowest BCUT2D eigenvalue weighted by Gasteiger charge is -2.20. The Balaban J connectivity index is 4.37. The number of aliphatic hydroxyl groups excluding tert-OH is 4. The van der Waals surface area contributed by atoms with Crippen molar-refractivity contribution in [2.24, 2.45) is 23.7 Å². The highest BCUT2D eigenvalue weighted by Gasteiger charge is 2.26. The molecule has 0 bridgehead atoms. The maximum Gasteiger partial charge on any atom is 0.309 e. The normalized spacial score (nSPS) is 13.1. The van der Waals surface area contributed by atoms with Crippen LogP contribution in [0.25, 0.3) is 0 Å². The van der Waals surface area contributed by atoms with Crippen LogP contribution in [-0.2, 0) is 90.6 Å². The quantitative estimate of drug-likeness (QED) is 0.0209. The van der Waals surface area contributed by atoms with Crippen LogP contribution >= 0.6 is 0 Å². The summed E-state index contributed by atoms with van der Waals surface area (Å²) in [5, 5.41) is 45.2. The Hall–Kier alpha value is -5.70. The summed E-state index contributed by atoms with van der Waals surface area (Å²) in [6.07, 6.45) is 7.29. The fourth-order valence-corrected chi connectivity index (χ4v) is 8.66. The molecule has 0 radical (unpaired) electrons. The van der Waals surface area contributed by atoms with Crippen molar-refractivity contribution in [2.75, 3.05) is 105 Å². The first-order valence-electron chi connectivity index (χ1n) is 31.1. The molecule has 25 heteroatoms. The molecular formula is C62H104N2O23. The summed E-state index contributed by atoms with van der Waals surface area (Å²) in [5.41, 5.74) is 0. The average Bonchev–Trinajstić information content (AvgIpc) is 3.53.